The monoisotopic (exact) mass is 522 g/mol. The van der Waals surface area contributed by atoms with Crippen molar-refractivity contribution in [1.82, 2.24) is 5.32 Å². The Morgan fingerprint density at radius 1 is 0.806 bits per heavy atom. The van der Waals surface area contributed by atoms with Crippen molar-refractivity contribution in [1.29, 1.82) is 0 Å². The van der Waals surface area contributed by atoms with Crippen LogP contribution in [0, 0.1) is 5.82 Å². The second kappa shape index (κ2) is 11.4. The quantitative estimate of drug-likeness (QED) is 0.310. The van der Waals surface area contributed by atoms with E-state index in [1.54, 1.807) is 0 Å². The van der Waals surface area contributed by atoms with Gasteiger partial charge in [0.05, 0.1) is 23.0 Å². The van der Waals surface area contributed by atoms with Crippen molar-refractivity contribution >= 4 is 33.2 Å². The number of benzene rings is 4. The molecular formula is C28H24ClFN2O3S. The van der Waals surface area contributed by atoms with Gasteiger partial charge in [0.2, 0.25) is 5.91 Å². The Morgan fingerprint density at radius 2 is 1.33 bits per heavy atom. The number of nitrogens with zero attached hydrogens (tertiary/aromatic N) is 1. The Morgan fingerprint density at radius 3 is 1.86 bits per heavy atom. The van der Waals surface area contributed by atoms with Crippen molar-refractivity contribution in [3.8, 4) is 0 Å². The summed E-state index contributed by atoms with van der Waals surface area (Å²) in [5, 5.41) is 3.29. The van der Waals surface area contributed by atoms with Gasteiger partial charge in [-0.1, -0.05) is 72.3 Å². The minimum Gasteiger partial charge on any atom is -0.353 e. The SMILES string of the molecule is O=C(NCCN(c1ccc(F)cc1)S(=O)(=O)c1ccc(Cl)cc1)C(c1ccccc1)c1ccccc1. The lowest BCUT2D eigenvalue weighted by Crippen LogP contribution is -2.40. The molecule has 0 fully saturated rings. The molecule has 184 valence electrons. The number of hydrogen-bond acceptors (Lipinski definition) is 3. The van der Waals surface area contributed by atoms with Crippen LogP contribution in [-0.2, 0) is 14.8 Å². The summed E-state index contributed by atoms with van der Waals surface area (Å²) in [6, 6.07) is 29.7. The Kier molecular flexibility index (Phi) is 8.03. The second-order valence-corrected chi connectivity index (χ2v) is 10.4. The van der Waals surface area contributed by atoms with Crippen LogP contribution >= 0.6 is 11.6 Å². The van der Waals surface area contributed by atoms with Gasteiger partial charge in [-0.3, -0.25) is 9.10 Å². The average Bonchev–Trinajstić information content (AvgIpc) is 2.89. The fourth-order valence-corrected chi connectivity index (χ4v) is 5.49. The van der Waals surface area contributed by atoms with E-state index in [0.29, 0.717) is 5.02 Å². The molecule has 0 saturated carbocycles. The van der Waals surface area contributed by atoms with Gasteiger partial charge in [-0.15, -0.1) is 0 Å². The second-order valence-electron chi connectivity index (χ2n) is 8.05. The standard InChI is InChI=1S/C28H24ClFN2O3S/c29-23-11-17-26(18-12-23)36(34,35)32(25-15-13-24(30)14-16-25)20-19-31-28(33)27(21-7-3-1-4-8-21)22-9-5-2-6-10-22/h1-18,27H,19-20H2,(H,31,33). The molecule has 0 aliphatic carbocycles. The molecule has 1 amide bonds. The van der Waals surface area contributed by atoms with Crippen LogP contribution in [0.15, 0.2) is 114 Å². The zero-order valence-electron chi connectivity index (χ0n) is 19.2. The molecule has 0 unspecified atom stereocenters. The molecule has 0 heterocycles. The molecule has 1 N–H and O–H groups in total. The van der Waals surface area contributed by atoms with Gasteiger partial charge in [0, 0.05) is 11.6 Å². The minimum atomic E-state index is -4.01. The van der Waals surface area contributed by atoms with Crippen LogP contribution in [0.4, 0.5) is 10.1 Å². The Labute approximate surface area is 215 Å². The number of anilines is 1. The highest BCUT2D eigenvalue weighted by Gasteiger charge is 2.26. The molecule has 0 aromatic heterocycles. The van der Waals surface area contributed by atoms with Crippen molar-refractivity contribution in [2.75, 3.05) is 17.4 Å². The van der Waals surface area contributed by atoms with E-state index in [-0.39, 0.29) is 29.6 Å². The molecule has 0 saturated heterocycles. The third-order valence-corrected chi connectivity index (χ3v) is 7.75. The molecule has 36 heavy (non-hydrogen) atoms. The van der Waals surface area contributed by atoms with Gasteiger partial charge in [0.25, 0.3) is 10.0 Å². The minimum absolute atomic E-state index is 0.0361. The summed E-state index contributed by atoms with van der Waals surface area (Å²) in [6.45, 7) is -0.0160. The number of carbonyl (C=O) groups excluding carboxylic acids is 1. The molecule has 0 atom stereocenters. The van der Waals surface area contributed by atoms with Crippen molar-refractivity contribution in [3.05, 3.63) is 131 Å². The third-order valence-electron chi connectivity index (χ3n) is 5.66. The lowest BCUT2D eigenvalue weighted by atomic mass is 9.90. The van der Waals surface area contributed by atoms with E-state index in [1.807, 2.05) is 60.7 Å². The first-order valence-corrected chi connectivity index (χ1v) is 13.1. The van der Waals surface area contributed by atoms with Crippen molar-refractivity contribution in [3.63, 3.8) is 0 Å². The van der Waals surface area contributed by atoms with E-state index in [4.69, 9.17) is 11.6 Å². The molecule has 0 spiro atoms. The number of sulfonamides is 1. The van der Waals surface area contributed by atoms with Crippen LogP contribution < -0.4 is 9.62 Å². The van der Waals surface area contributed by atoms with Crippen LogP contribution in [0.5, 0.6) is 0 Å². The highest BCUT2D eigenvalue weighted by atomic mass is 35.5. The summed E-state index contributed by atoms with van der Waals surface area (Å²) >= 11 is 5.93. The van der Waals surface area contributed by atoms with Crippen LogP contribution in [0.25, 0.3) is 0 Å². The predicted octanol–water partition coefficient (Wildman–Crippen LogP) is 5.62. The average molecular weight is 523 g/mol. The first kappa shape index (κ1) is 25.4. The zero-order chi connectivity index (χ0) is 25.5. The van der Waals surface area contributed by atoms with Gasteiger partial charge in [0.1, 0.15) is 5.82 Å². The highest BCUT2D eigenvalue weighted by Crippen LogP contribution is 2.26. The topological polar surface area (TPSA) is 66.5 Å². The van der Waals surface area contributed by atoms with E-state index in [0.717, 1.165) is 15.4 Å². The molecule has 4 aromatic carbocycles. The van der Waals surface area contributed by atoms with E-state index >= 15 is 0 Å². The number of hydrogen-bond donors (Lipinski definition) is 1. The van der Waals surface area contributed by atoms with Crippen LogP contribution in [0.1, 0.15) is 17.0 Å². The largest absolute Gasteiger partial charge is 0.353 e. The molecule has 0 radical (unpaired) electrons. The van der Waals surface area contributed by atoms with Gasteiger partial charge in [-0.2, -0.15) is 0 Å². The molecule has 0 bridgehead atoms. The number of carbonyl (C=O) groups is 1. The summed E-state index contributed by atoms with van der Waals surface area (Å²) in [6.07, 6.45) is 0. The normalized spacial score (nSPS) is 11.3. The lowest BCUT2D eigenvalue weighted by molar-refractivity contribution is -0.121. The number of rotatable bonds is 9. The van der Waals surface area contributed by atoms with Crippen molar-refractivity contribution in [2.45, 2.75) is 10.8 Å². The van der Waals surface area contributed by atoms with Gasteiger partial charge < -0.3 is 5.32 Å². The summed E-state index contributed by atoms with van der Waals surface area (Å²) < 4.78 is 41.6. The zero-order valence-corrected chi connectivity index (χ0v) is 20.8. The molecule has 0 aliphatic heterocycles. The van der Waals surface area contributed by atoms with E-state index in [2.05, 4.69) is 5.32 Å². The maximum absolute atomic E-state index is 13.5. The van der Waals surface area contributed by atoms with Crippen LogP contribution in [0.3, 0.4) is 0 Å². The van der Waals surface area contributed by atoms with E-state index in [9.17, 15) is 17.6 Å². The van der Waals surface area contributed by atoms with E-state index < -0.39 is 21.8 Å². The van der Waals surface area contributed by atoms with Crippen molar-refractivity contribution < 1.29 is 17.6 Å². The maximum atomic E-state index is 13.5. The molecule has 8 heteroatoms. The predicted molar refractivity (Wildman–Crippen MR) is 140 cm³/mol. The Bertz CT molecular complexity index is 1360. The smallest absolute Gasteiger partial charge is 0.264 e. The van der Waals surface area contributed by atoms with Crippen LogP contribution in [-0.4, -0.2) is 27.4 Å². The van der Waals surface area contributed by atoms with Crippen molar-refractivity contribution in [2.24, 2.45) is 0 Å². The fraction of sp³-hybridized carbons (Fsp3) is 0.107. The van der Waals surface area contributed by atoms with Gasteiger partial charge in [-0.25, -0.2) is 12.8 Å². The first-order chi connectivity index (χ1) is 17.4. The highest BCUT2D eigenvalue weighted by molar-refractivity contribution is 7.92. The number of halogens is 2. The van der Waals surface area contributed by atoms with E-state index in [1.165, 1.54) is 48.5 Å². The summed E-state index contributed by atoms with van der Waals surface area (Å²) in [5.41, 5.74) is 1.93. The Balaban J connectivity index is 1.57. The third kappa shape index (κ3) is 5.93. The summed E-state index contributed by atoms with van der Waals surface area (Å²) in [4.78, 5) is 13.4. The Hall–Kier alpha value is -3.68. The number of amides is 1. The molecular weight excluding hydrogens is 499 g/mol. The van der Waals surface area contributed by atoms with Gasteiger partial charge in [0.15, 0.2) is 0 Å². The summed E-state index contributed by atoms with van der Waals surface area (Å²) in [7, 11) is -4.01. The van der Waals surface area contributed by atoms with Gasteiger partial charge in [-0.05, 0) is 59.7 Å². The maximum Gasteiger partial charge on any atom is 0.264 e. The molecule has 4 rings (SSSR count). The molecule has 0 aliphatic rings. The fourth-order valence-electron chi connectivity index (χ4n) is 3.90. The van der Waals surface area contributed by atoms with Crippen LogP contribution in [0.2, 0.25) is 5.02 Å². The molecule has 4 aromatic rings. The number of nitrogens with one attached hydrogen (secondary N) is 1. The lowest BCUT2D eigenvalue weighted by Gasteiger charge is -2.25. The first-order valence-electron chi connectivity index (χ1n) is 11.3. The summed E-state index contributed by atoms with van der Waals surface area (Å²) in [5.74, 6) is -1.29. The van der Waals surface area contributed by atoms with Gasteiger partial charge >= 0.3 is 0 Å². The molecule has 5 nitrogen and oxygen atoms in total.